The van der Waals surface area contributed by atoms with E-state index >= 15 is 0 Å². The van der Waals surface area contributed by atoms with Crippen LogP contribution in [-0.2, 0) is 22.3 Å². The molecule has 6 heteroatoms. The highest BCUT2D eigenvalue weighted by Gasteiger charge is 2.21. The van der Waals surface area contributed by atoms with Gasteiger partial charge in [0.15, 0.2) is 0 Å². The van der Waals surface area contributed by atoms with Crippen molar-refractivity contribution in [2.45, 2.75) is 25.1 Å². The fraction of sp³-hybridized carbons (Fsp3) is 0.400. The molecule has 0 spiro atoms. The standard InChI is InChI=1S/C20H25ClN2O2S/c21-20-8-6-19(7-9-20)16-26(24,25)22-14-17-10-12-23(13-11-17)15-18-4-2-1-3-5-18/h1-9,17,22H,10-16H2. The van der Waals surface area contributed by atoms with Gasteiger partial charge in [-0.3, -0.25) is 4.90 Å². The molecule has 0 radical (unpaired) electrons. The SMILES string of the molecule is O=S(=O)(Cc1ccc(Cl)cc1)NCC1CCN(Cc2ccccc2)CC1. The second-order valence-corrected chi connectivity index (χ2v) is 9.18. The molecule has 0 atom stereocenters. The van der Waals surface area contributed by atoms with Crippen LogP contribution in [0.4, 0.5) is 0 Å². The zero-order valence-corrected chi connectivity index (χ0v) is 16.3. The van der Waals surface area contributed by atoms with Crippen LogP contribution in [0, 0.1) is 5.92 Å². The number of nitrogens with one attached hydrogen (secondary N) is 1. The van der Waals surface area contributed by atoms with Crippen LogP contribution in [-0.4, -0.2) is 33.0 Å². The van der Waals surface area contributed by atoms with E-state index in [1.165, 1.54) is 5.56 Å². The molecule has 2 aromatic rings. The summed E-state index contributed by atoms with van der Waals surface area (Å²) in [5.74, 6) is 0.402. The molecule has 0 aliphatic carbocycles. The number of piperidine rings is 1. The largest absolute Gasteiger partial charge is 0.299 e. The average molecular weight is 393 g/mol. The van der Waals surface area contributed by atoms with Crippen LogP contribution < -0.4 is 4.72 Å². The van der Waals surface area contributed by atoms with E-state index in [0.29, 0.717) is 17.5 Å². The second kappa shape index (κ2) is 9.00. The van der Waals surface area contributed by atoms with Gasteiger partial charge in [-0.15, -0.1) is 0 Å². The minimum Gasteiger partial charge on any atom is -0.299 e. The van der Waals surface area contributed by atoms with Gasteiger partial charge in [-0.2, -0.15) is 0 Å². The van der Waals surface area contributed by atoms with Crippen molar-refractivity contribution in [2.75, 3.05) is 19.6 Å². The predicted molar refractivity (Wildman–Crippen MR) is 107 cm³/mol. The van der Waals surface area contributed by atoms with Crippen LogP contribution in [0.2, 0.25) is 5.02 Å². The molecule has 1 saturated heterocycles. The average Bonchev–Trinajstić information content (AvgIpc) is 2.64. The Morgan fingerprint density at radius 3 is 2.27 bits per heavy atom. The van der Waals surface area contributed by atoms with E-state index in [2.05, 4.69) is 33.9 Å². The highest BCUT2D eigenvalue weighted by atomic mass is 35.5. The number of nitrogens with zero attached hydrogens (tertiary/aromatic N) is 1. The zero-order valence-electron chi connectivity index (χ0n) is 14.8. The van der Waals surface area contributed by atoms with Crippen LogP contribution in [0.5, 0.6) is 0 Å². The Bertz CT molecular complexity index is 786. The van der Waals surface area contributed by atoms with Gasteiger partial charge in [-0.25, -0.2) is 13.1 Å². The van der Waals surface area contributed by atoms with Gasteiger partial charge in [0.1, 0.15) is 0 Å². The maximum absolute atomic E-state index is 12.3. The topological polar surface area (TPSA) is 49.4 Å². The lowest BCUT2D eigenvalue weighted by Crippen LogP contribution is -2.38. The maximum atomic E-state index is 12.3. The first-order valence-electron chi connectivity index (χ1n) is 8.98. The first-order chi connectivity index (χ1) is 12.5. The molecule has 0 bridgehead atoms. The number of sulfonamides is 1. The zero-order chi connectivity index (χ0) is 18.4. The van der Waals surface area contributed by atoms with E-state index in [1.54, 1.807) is 24.3 Å². The fourth-order valence-corrected chi connectivity index (χ4v) is 4.64. The molecule has 0 aromatic heterocycles. The predicted octanol–water partition coefficient (Wildman–Crippen LogP) is 3.67. The quantitative estimate of drug-likeness (QED) is 0.782. The van der Waals surface area contributed by atoms with Crippen molar-refractivity contribution in [3.8, 4) is 0 Å². The van der Waals surface area contributed by atoms with Crippen LogP contribution in [0.25, 0.3) is 0 Å². The Morgan fingerprint density at radius 1 is 0.962 bits per heavy atom. The van der Waals surface area contributed by atoms with E-state index in [4.69, 9.17) is 11.6 Å². The van der Waals surface area contributed by atoms with Crippen LogP contribution in [0.1, 0.15) is 24.0 Å². The Kier molecular flexibility index (Phi) is 6.70. The first kappa shape index (κ1) is 19.4. The first-order valence-corrected chi connectivity index (χ1v) is 11.0. The van der Waals surface area contributed by atoms with Gasteiger partial charge in [0, 0.05) is 18.1 Å². The number of hydrogen-bond donors (Lipinski definition) is 1. The summed E-state index contributed by atoms with van der Waals surface area (Å²) < 4.78 is 27.3. The summed E-state index contributed by atoms with van der Waals surface area (Å²) >= 11 is 5.84. The summed E-state index contributed by atoms with van der Waals surface area (Å²) in [6.45, 7) is 3.52. The molecule has 3 rings (SSSR count). The molecule has 1 fully saturated rings. The Balaban J connectivity index is 1.42. The fourth-order valence-electron chi connectivity index (χ4n) is 3.29. The normalized spacial score (nSPS) is 16.7. The van der Waals surface area contributed by atoms with Gasteiger partial charge >= 0.3 is 0 Å². The summed E-state index contributed by atoms with van der Waals surface area (Å²) in [6.07, 6.45) is 2.05. The third kappa shape index (κ3) is 6.09. The van der Waals surface area contributed by atoms with Crippen LogP contribution in [0.15, 0.2) is 54.6 Å². The smallest absolute Gasteiger partial charge is 0.215 e. The number of halogens is 1. The molecular weight excluding hydrogens is 368 g/mol. The lowest BCUT2D eigenvalue weighted by atomic mass is 9.97. The van der Waals surface area contributed by atoms with Crippen molar-refractivity contribution < 1.29 is 8.42 Å². The molecular formula is C20H25ClN2O2S. The van der Waals surface area contributed by atoms with E-state index in [1.807, 2.05) is 6.07 Å². The molecule has 0 amide bonds. The molecule has 1 heterocycles. The lowest BCUT2D eigenvalue weighted by Gasteiger charge is -2.32. The number of likely N-dealkylation sites (tertiary alicyclic amines) is 1. The second-order valence-electron chi connectivity index (χ2n) is 6.94. The van der Waals surface area contributed by atoms with Crippen molar-refractivity contribution in [2.24, 2.45) is 5.92 Å². The third-order valence-electron chi connectivity index (χ3n) is 4.82. The van der Waals surface area contributed by atoms with Crippen molar-refractivity contribution in [1.29, 1.82) is 0 Å². The number of rotatable bonds is 7. The maximum Gasteiger partial charge on any atom is 0.215 e. The summed E-state index contributed by atoms with van der Waals surface area (Å²) in [5.41, 5.74) is 2.08. The highest BCUT2D eigenvalue weighted by molar-refractivity contribution is 7.88. The summed E-state index contributed by atoms with van der Waals surface area (Å²) in [5, 5.41) is 0.612. The minimum atomic E-state index is -3.32. The molecule has 0 unspecified atom stereocenters. The van der Waals surface area contributed by atoms with E-state index in [0.717, 1.165) is 38.0 Å². The Hall–Kier alpha value is -1.40. The Labute approximate surface area is 161 Å². The molecule has 1 aliphatic rings. The third-order valence-corrected chi connectivity index (χ3v) is 6.39. The van der Waals surface area contributed by atoms with Crippen molar-refractivity contribution in [1.82, 2.24) is 9.62 Å². The molecule has 4 nitrogen and oxygen atoms in total. The lowest BCUT2D eigenvalue weighted by molar-refractivity contribution is 0.178. The number of benzene rings is 2. The highest BCUT2D eigenvalue weighted by Crippen LogP contribution is 2.19. The van der Waals surface area contributed by atoms with Crippen molar-refractivity contribution in [3.63, 3.8) is 0 Å². The molecule has 0 saturated carbocycles. The van der Waals surface area contributed by atoms with Crippen LogP contribution in [0.3, 0.4) is 0 Å². The van der Waals surface area contributed by atoms with E-state index in [-0.39, 0.29) is 5.75 Å². The molecule has 26 heavy (non-hydrogen) atoms. The van der Waals surface area contributed by atoms with Gasteiger partial charge in [0.25, 0.3) is 0 Å². The van der Waals surface area contributed by atoms with Gasteiger partial charge in [0.05, 0.1) is 5.75 Å². The summed E-state index contributed by atoms with van der Waals surface area (Å²) in [7, 11) is -3.32. The molecule has 140 valence electrons. The monoisotopic (exact) mass is 392 g/mol. The summed E-state index contributed by atoms with van der Waals surface area (Å²) in [4.78, 5) is 2.44. The van der Waals surface area contributed by atoms with Gasteiger partial charge < -0.3 is 0 Å². The minimum absolute atomic E-state index is 0.00296. The van der Waals surface area contributed by atoms with Crippen molar-refractivity contribution >= 4 is 21.6 Å². The van der Waals surface area contributed by atoms with Crippen LogP contribution >= 0.6 is 11.6 Å². The van der Waals surface area contributed by atoms with Crippen molar-refractivity contribution in [3.05, 3.63) is 70.7 Å². The van der Waals surface area contributed by atoms with Gasteiger partial charge in [-0.05, 0) is 55.1 Å². The Morgan fingerprint density at radius 2 is 1.62 bits per heavy atom. The van der Waals surface area contributed by atoms with E-state index < -0.39 is 10.0 Å². The number of hydrogen-bond acceptors (Lipinski definition) is 3. The van der Waals surface area contributed by atoms with Gasteiger partial charge in [0.2, 0.25) is 10.0 Å². The molecule has 1 aliphatic heterocycles. The molecule has 1 N–H and O–H groups in total. The summed E-state index contributed by atoms with van der Waals surface area (Å²) in [6, 6.07) is 17.4. The van der Waals surface area contributed by atoms with Gasteiger partial charge in [-0.1, -0.05) is 54.1 Å². The van der Waals surface area contributed by atoms with E-state index in [9.17, 15) is 8.42 Å². The molecule has 2 aromatic carbocycles.